The SMILES string of the molecule is COc1ccc(C(O)=C2C(=O)C(=O)N(CCCN3CCOCC3)[C@@H]2c2cccc(OC)c2OC)cc1. The summed E-state index contributed by atoms with van der Waals surface area (Å²) < 4.78 is 21.7. The van der Waals surface area contributed by atoms with Gasteiger partial charge in [0.25, 0.3) is 11.7 Å². The number of hydrogen-bond donors (Lipinski definition) is 1. The molecule has 0 radical (unpaired) electrons. The molecular weight excluding hydrogens is 464 g/mol. The highest BCUT2D eigenvalue weighted by Crippen LogP contribution is 2.45. The zero-order valence-corrected chi connectivity index (χ0v) is 20.9. The lowest BCUT2D eigenvalue weighted by Gasteiger charge is -2.30. The van der Waals surface area contributed by atoms with Gasteiger partial charge in [-0.2, -0.15) is 0 Å². The van der Waals surface area contributed by atoms with E-state index in [2.05, 4.69) is 4.90 Å². The molecule has 1 amide bonds. The molecule has 0 unspecified atom stereocenters. The van der Waals surface area contributed by atoms with Crippen molar-refractivity contribution in [3.8, 4) is 17.2 Å². The van der Waals surface area contributed by atoms with Gasteiger partial charge in [-0.3, -0.25) is 14.5 Å². The van der Waals surface area contributed by atoms with Gasteiger partial charge in [-0.1, -0.05) is 12.1 Å². The number of amides is 1. The molecule has 2 fully saturated rings. The van der Waals surface area contributed by atoms with Crippen LogP contribution in [0.1, 0.15) is 23.6 Å². The van der Waals surface area contributed by atoms with Crippen LogP contribution in [0.2, 0.25) is 0 Å². The minimum atomic E-state index is -0.832. The van der Waals surface area contributed by atoms with Crippen LogP contribution in [0.4, 0.5) is 0 Å². The van der Waals surface area contributed by atoms with Gasteiger partial charge < -0.3 is 29.0 Å². The number of nitrogens with zero attached hydrogens (tertiary/aromatic N) is 2. The molecule has 1 atom stereocenters. The molecule has 2 aromatic rings. The summed E-state index contributed by atoms with van der Waals surface area (Å²) in [6.45, 7) is 4.16. The minimum Gasteiger partial charge on any atom is -0.507 e. The molecular formula is C27H32N2O7. The fourth-order valence-corrected chi connectivity index (χ4v) is 4.76. The van der Waals surface area contributed by atoms with Crippen LogP contribution in [0.5, 0.6) is 17.2 Å². The fourth-order valence-electron chi connectivity index (χ4n) is 4.76. The highest BCUT2D eigenvalue weighted by molar-refractivity contribution is 6.46. The minimum absolute atomic E-state index is 0.0168. The van der Waals surface area contributed by atoms with Crippen LogP contribution in [0.25, 0.3) is 5.76 Å². The van der Waals surface area contributed by atoms with Crippen LogP contribution in [0.3, 0.4) is 0 Å². The van der Waals surface area contributed by atoms with Crippen molar-refractivity contribution >= 4 is 17.4 Å². The van der Waals surface area contributed by atoms with Gasteiger partial charge in [-0.15, -0.1) is 0 Å². The third kappa shape index (κ3) is 5.03. The molecule has 9 nitrogen and oxygen atoms in total. The number of para-hydroxylation sites is 1. The third-order valence-electron chi connectivity index (χ3n) is 6.61. The number of likely N-dealkylation sites (tertiary alicyclic amines) is 1. The van der Waals surface area contributed by atoms with Crippen LogP contribution in [-0.2, 0) is 14.3 Å². The fraction of sp³-hybridized carbons (Fsp3) is 0.407. The maximum atomic E-state index is 13.3. The Hall–Kier alpha value is -3.56. The lowest BCUT2D eigenvalue weighted by Crippen LogP contribution is -2.39. The predicted octanol–water partition coefficient (Wildman–Crippen LogP) is 2.86. The van der Waals surface area contributed by atoms with Gasteiger partial charge in [-0.25, -0.2) is 0 Å². The lowest BCUT2D eigenvalue weighted by atomic mass is 9.94. The Morgan fingerprint density at radius 2 is 1.69 bits per heavy atom. The van der Waals surface area contributed by atoms with Crippen LogP contribution in [0, 0.1) is 0 Å². The molecule has 2 aliphatic heterocycles. The normalized spacial score (nSPS) is 20.0. The molecule has 2 heterocycles. The molecule has 192 valence electrons. The van der Waals surface area contributed by atoms with Crippen molar-refractivity contribution in [2.45, 2.75) is 12.5 Å². The van der Waals surface area contributed by atoms with E-state index in [1.165, 1.54) is 19.1 Å². The summed E-state index contributed by atoms with van der Waals surface area (Å²) in [4.78, 5) is 30.4. The number of carbonyl (C=O) groups excluding carboxylic acids is 2. The number of ketones is 1. The Morgan fingerprint density at radius 3 is 2.33 bits per heavy atom. The summed E-state index contributed by atoms with van der Waals surface area (Å²) in [5.41, 5.74) is 0.995. The molecule has 9 heteroatoms. The number of benzene rings is 2. The first kappa shape index (κ1) is 25.5. The quantitative estimate of drug-likeness (QED) is 0.322. The number of Topliss-reactive ketones (excluding diaryl/α,β-unsaturated/α-hetero) is 1. The molecule has 0 bridgehead atoms. The van der Waals surface area contributed by atoms with Crippen LogP contribution in [-0.4, -0.2) is 87.3 Å². The van der Waals surface area contributed by atoms with Crippen molar-refractivity contribution in [1.82, 2.24) is 9.80 Å². The van der Waals surface area contributed by atoms with Gasteiger partial charge in [-0.05, 0) is 36.8 Å². The van der Waals surface area contributed by atoms with E-state index in [-0.39, 0.29) is 11.3 Å². The molecule has 0 saturated carbocycles. The van der Waals surface area contributed by atoms with E-state index in [0.717, 1.165) is 19.6 Å². The summed E-state index contributed by atoms with van der Waals surface area (Å²) in [6, 6.07) is 11.2. The second kappa shape index (κ2) is 11.5. The van der Waals surface area contributed by atoms with Gasteiger partial charge in [0.2, 0.25) is 0 Å². The number of carbonyl (C=O) groups is 2. The first-order valence-electron chi connectivity index (χ1n) is 11.9. The smallest absolute Gasteiger partial charge is 0.295 e. The molecule has 0 spiro atoms. The average molecular weight is 497 g/mol. The molecule has 2 saturated heterocycles. The number of morpholine rings is 1. The molecule has 2 aliphatic rings. The summed E-state index contributed by atoms with van der Waals surface area (Å²) >= 11 is 0. The second-order valence-corrected chi connectivity index (χ2v) is 8.61. The molecule has 4 rings (SSSR count). The molecule has 0 aliphatic carbocycles. The Labute approximate surface area is 210 Å². The van der Waals surface area contributed by atoms with Crippen molar-refractivity contribution in [2.24, 2.45) is 0 Å². The number of hydrogen-bond acceptors (Lipinski definition) is 8. The molecule has 2 aromatic carbocycles. The van der Waals surface area contributed by atoms with Gasteiger partial charge in [0.1, 0.15) is 11.5 Å². The molecule has 1 N–H and O–H groups in total. The number of aliphatic hydroxyl groups is 1. The predicted molar refractivity (Wildman–Crippen MR) is 133 cm³/mol. The number of ether oxygens (including phenoxy) is 4. The van der Waals surface area contributed by atoms with Gasteiger partial charge in [0.05, 0.1) is 46.2 Å². The topological polar surface area (TPSA) is 97.8 Å². The van der Waals surface area contributed by atoms with Crippen molar-refractivity contribution < 1.29 is 33.6 Å². The summed E-state index contributed by atoms with van der Waals surface area (Å²) in [5, 5.41) is 11.3. The summed E-state index contributed by atoms with van der Waals surface area (Å²) in [7, 11) is 4.58. The van der Waals surface area contributed by atoms with Crippen LogP contribution in [0.15, 0.2) is 48.0 Å². The average Bonchev–Trinajstić information content (AvgIpc) is 3.17. The summed E-state index contributed by atoms with van der Waals surface area (Å²) in [6.07, 6.45) is 0.665. The standard InChI is InChI=1S/C27H32N2O7/c1-33-19-10-8-18(9-11-19)24(30)22-23(20-6-4-7-21(34-2)26(20)35-3)29(27(32)25(22)31)13-5-12-28-14-16-36-17-15-28/h4,6-11,23,30H,5,12-17H2,1-3H3/t23-/m1/s1. The van der Waals surface area contributed by atoms with Crippen molar-refractivity contribution in [3.63, 3.8) is 0 Å². The van der Waals surface area contributed by atoms with E-state index in [4.69, 9.17) is 18.9 Å². The van der Waals surface area contributed by atoms with Gasteiger partial charge in [0.15, 0.2) is 11.5 Å². The van der Waals surface area contributed by atoms with Crippen molar-refractivity contribution in [1.29, 1.82) is 0 Å². The number of aliphatic hydroxyl groups excluding tert-OH is 1. The van der Waals surface area contributed by atoms with E-state index in [0.29, 0.717) is 54.6 Å². The van der Waals surface area contributed by atoms with E-state index in [1.54, 1.807) is 49.6 Å². The van der Waals surface area contributed by atoms with Crippen molar-refractivity contribution in [3.05, 3.63) is 59.2 Å². The van der Waals surface area contributed by atoms with Gasteiger partial charge >= 0.3 is 0 Å². The lowest BCUT2D eigenvalue weighted by molar-refractivity contribution is -0.140. The van der Waals surface area contributed by atoms with E-state index in [1.807, 2.05) is 0 Å². The Balaban J connectivity index is 1.75. The van der Waals surface area contributed by atoms with E-state index < -0.39 is 17.7 Å². The van der Waals surface area contributed by atoms with Crippen molar-refractivity contribution in [2.75, 3.05) is 60.7 Å². The Morgan fingerprint density at radius 1 is 0.972 bits per heavy atom. The maximum absolute atomic E-state index is 13.3. The van der Waals surface area contributed by atoms with Crippen LogP contribution >= 0.6 is 0 Å². The first-order chi connectivity index (χ1) is 17.5. The zero-order valence-electron chi connectivity index (χ0n) is 20.9. The Kier molecular flexibility index (Phi) is 8.12. The first-order valence-corrected chi connectivity index (χ1v) is 11.9. The number of methoxy groups -OCH3 is 3. The monoisotopic (exact) mass is 496 g/mol. The zero-order chi connectivity index (χ0) is 25.7. The number of rotatable bonds is 9. The highest BCUT2D eigenvalue weighted by Gasteiger charge is 2.47. The molecule has 36 heavy (non-hydrogen) atoms. The van der Waals surface area contributed by atoms with Gasteiger partial charge in [0, 0.05) is 37.3 Å². The Bertz CT molecular complexity index is 1120. The summed E-state index contributed by atoms with van der Waals surface area (Å²) in [5.74, 6) is -0.141. The molecule has 0 aromatic heterocycles. The van der Waals surface area contributed by atoms with E-state index >= 15 is 0 Å². The maximum Gasteiger partial charge on any atom is 0.295 e. The van der Waals surface area contributed by atoms with Crippen LogP contribution < -0.4 is 14.2 Å². The second-order valence-electron chi connectivity index (χ2n) is 8.61. The third-order valence-corrected chi connectivity index (χ3v) is 6.61. The van der Waals surface area contributed by atoms with E-state index in [9.17, 15) is 14.7 Å². The highest BCUT2D eigenvalue weighted by atomic mass is 16.5. The largest absolute Gasteiger partial charge is 0.507 e.